The molecule has 2 aromatic carbocycles. The Morgan fingerprint density at radius 1 is 0.597 bits per heavy atom. The van der Waals surface area contributed by atoms with E-state index in [4.69, 9.17) is 76.8 Å². The number of pyridine rings is 2. The van der Waals surface area contributed by atoms with Gasteiger partial charge in [0.2, 0.25) is 11.8 Å². The molecule has 0 fully saturated rings. The third-order valence-electron chi connectivity index (χ3n) is 11.0. The highest BCUT2D eigenvalue weighted by Crippen LogP contribution is 2.49. The lowest BCUT2D eigenvalue weighted by Gasteiger charge is -2.22. The van der Waals surface area contributed by atoms with Gasteiger partial charge < -0.3 is 30.4 Å². The molecule has 2 atom stereocenters. The Morgan fingerprint density at radius 2 is 0.958 bits per heavy atom. The highest BCUT2D eigenvalue weighted by atomic mass is 35.5. The Hall–Kier alpha value is -6.62. The molecule has 6 aromatic heterocycles. The van der Waals surface area contributed by atoms with Crippen molar-refractivity contribution in [3.05, 3.63) is 127 Å². The zero-order valence-electron chi connectivity index (χ0n) is 38.2. The number of hydrogen-bond acceptors (Lipinski definition) is 12. The number of aromatic nitrogens is 8. The molecule has 0 aliphatic carbocycles. The van der Waals surface area contributed by atoms with E-state index in [0.29, 0.717) is 33.8 Å². The van der Waals surface area contributed by atoms with Crippen LogP contribution in [0.3, 0.4) is 0 Å². The number of nitrogens with zero attached hydrogens (tertiary/aromatic N) is 8. The largest absolute Gasteiger partial charge is 0.493 e. The Kier molecular flexibility index (Phi) is 15.4. The fourth-order valence-electron chi connectivity index (χ4n) is 7.84. The SMILES string of the molecule is CCOc1c([C@@H](C)c2nc(Cl)c3c(N)nccn23)cc(Cl)c(F)c1-c1ccc(C(F)(F)F)nc1OC.CCOc1c([C@H](C)c2nc(Cl)c3c(N)nccn23)cc(Cl)c(F)c1-c1ccc(C(F)(F)F)nc1OC. The monoisotopic (exact) mass is 1090 g/mol. The number of halogens is 12. The minimum absolute atomic E-state index is 0.0432. The first-order valence-electron chi connectivity index (χ1n) is 21.1. The minimum Gasteiger partial charge on any atom is -0.493 e. The van der Waals surface area contributed by atoms with E-state index in [-0.39, 0.29) is 79.0 Å². The number of fused-ring (bicyclic) bond motifs is 2. The first kappa shape index (κ1) is 53.2. The van der Waals surface area contributed by atoms with Crippen molar-refractivity contribution >= 4 is 69.1 Å². The number of nitrogen functional groups attached to an aromatic ring is 2. The number of hydrogen-bond donors (Lipinski definition) is 2. The molecule has 380 valence electrons. The van der Waals surface area contributed by atoms with Gasteiger partial charge in [-0.25, -0.2) is 38.7 Å². The second kappa shape index (κ2) is 20.8. The quantitative estimate of drug-likeness (QED) is 0.111. The third kappa shape index (κ3) is 9.96. The van der Waals surface area contributed by atoms with E-state index in [1.807, 2.05) is 0 Å². The maximum Gasteiger partial charge on any atom is 0.433 e. The molecular weight excluding hydrogens is 1050 g/mol. The first-order chi connectivity index (χ1) is 34.0. The molecule has 0 spiro atoms. The van der Waals surface area contributed by atoms with Gasteiger partial charge in [0.1, 0.15) is 45.6 Å². The van der Waals surface area contributed by atoms with Crippen molar-refractivity contribution in [2.45, 2.75) is 51.9 Å². The number of imidazole rings is 2. The normalized spacial score (nSPS) is 12.7. The van der Waals surface area contributed by atoms with Crippen molar-refractivity contribution < 1.29 is 54.1 Å². The summed E-state index contributed by atoms with van der Waals surface area (Å²) in [5, 5.41) is -0.347. The van der Waals surface area contributed by atoms with E-state index in [1.165, 1.54) is 24.5 Å². The molecule has 0 saturated heterocycles. The maximum atomic E-state index is 15.5. The number of alkyl halides is 6. The van der Waals surface area contributed by atoms with Crippen LogP contribution in [0.15, 0.2) is 61.2 Å². The third-order valence-corrected chi connectivity index (χ3v) is 12.1. The molecule has 6 heterocycles. The average Bonchev–Trinajstić information content (AvgIpc) is 3.87. The molecule has 4 N–H and O–H groups in total. The summed E-state index contributed by atoms with van der Waals surface area (Å²) in [6.07, 6.45) is -3.27. The van der Waals surface area contributed by atoms with Gasteiger partial charge in [-0.05, 0) is 50.2 Å². The number of rotatable bonds is 12. The van der Waals surface area contributed by atoms with Crippen LogP contribution in [0.2, 0.25) is 20.4 Å². The van der Waals surface area contributed by atoms with Crippen LogP contribution in [0.4, 0.5) is 46.8 Å². The number of methoxy groups -OCH3 is 2. The van der Waals surface area contributed by atoms with Gasteiger partial charge in [-0.3, -0.25) is 8.80 Å². The van der Waals surface area contributed by atoms with E-state index in [9.17, 15) is 26.3 Å². The van der Waals surface area contributed by atoms with E-state index in [0.717, 1.165) is 38.5 Å². The predicted octanol–water partition coefficient (Wildman–Crippen LogP) is 12.8. The van der Waals surface area contributed by atoms with Crippen LogP contribution in [-0.2, 0) is 12.4 Å². The van der Waals surface area contributed by atoms with Crippen LogP contribution < -0.4 is 30.4 Å². The zero-order valence-corrected chi connectivity index (χ0v) is 41.3. The molecule has 8 aromatic rings. The predicted molar refractivity (Wildman–Crippen MR) is 255 cm³/mol. The summed E-state index contributed by atoms with van der Waals surface area (Å²) in [5.41, 5.74) is 10.6. The number of anilines is 2. The lowest BCUT2D eigenvalue weighted by Crippen LogP contribution is -2.11. The van der Waals surface area contributed by atoms with Crippen LogP contribution in [0.1, 0.15) is 73.7 Å². The second-order valence-electron chi connectivity index (χ2n) is 15.3. The van der Waals surface area contributed by atoms with E-state index in [2.05, 4.69) is 29.9 Å². The van der Waals surface area contributed by atoms with E-state index < -0.39 is 59.0 Å². The molecule has 0 radical (unpaired) electrons. The highest BCUT2D eigenvalue weighted by molar-refractivity contribution is 6.34. The Morgan fingerprint density at radius 3 is 1.28 bits per heavy atom. The number of ether oxygens (including phenoxy) is 4. The van der Waals surface area contributed by atoms with Crippen LogP contribution in [0.25, 0.3) is 33.3 Å². The van der Waals surface area contributed by atoms with Crippen molar-refractivity contribution in [3.63, 3.8) is 0 Å². The van der Waals surface area contributed by atoms with Crippen LogP contribution >= 0.6 is 46.4 Å². The maximum absolute atomic E-state index is 15.5. The van der Waals surface area contributed by atoms with Crippen molar-refractivity contribution in [2.75, 3.05) is 38.9 Å². The fourth-order valence-corrected chi connectivity index (χ4v) is 8.82. The summed E-state index contributed by atoms with van der Waals surface area (Å²) in [6.45, 7) is 7.12. The van der Waals surface area contributed by atoms with Crippen LogP contribution in [0, 0.1) is 11.6 Å². The Bertz CT molecular complexity index is 3140. The van der Waals surface area contributed by atoms with Crippen LogP contribution in [0.5, 0.6) is 23.3 Å². The van der Waals surface area contributed by atoms with Crippen molar-refractivity contribution in [1.29, 1.82) is 0 Å². The molecule has 72 heavy (non-hydrogen) atoms. The summed E-state index contributed by atoms with van der Waals surface area (Å²) >= 11 is 25.1. The highest BCUT2D eigenvalue weighted by Gasteiger charge is 2.37. The zero-order chi connectivity index (χ0) is 52.7. The molecule has 0 amide bonds. The average molecular weight is 1090 g/mol. The van der Waals surface area contributed by atoms with Gasteiger partial charge in [-0.2, -0.15) is 26.3 Å². The van der Waals surface area contributed by atoms with Gasteiger partial charge in [-0.15, -0.1) is 0 Å². The van der Waals surface area contributed by atoms with Gasteiger partial charge >= 0.3 is 12.4 Å². The molecule has 26 heteroatoms. The number of nitrogens with two attached hydrogens (primary N) is 2. The first-order valence-corrected chi connectivity index (χ1v) is 22.6. The summed E-state index contributed by atoms with van der Waals surface area (Å²) in [4.78, 5) is 23.9. The molecule has 0 aliphatic rings. The molecular formula is C46H38Cl4F8N10O4. The van der Waals surface area contributed by atoms with E-state index in [1.54, 1.807) is 48.9 Å². The number of benzene rings is 2. The van der Waals surface area contributed by atoms with Crippen molar-refractivity contribution in [2.24, 2.45) is 0 Å². The Balaban J connectivity index is 0.000000211. The lowest BCUT2D eigenvalue weighted by molar-refractivity contribution is -0.142. The minimum atomic E-state index is -4.72. The lowest BCUT2D eigenvalue weighted by atomic mass is 9.93. The second-order valence-corrected chi connectivity index (χ2v) is 16.9. The topological polar surface area (TPSA) is 175 Å². The van der Waals surface area contributed by atoms with Gasteiger partial charge in [0.05, 0.1) is 59.7 Å². The molecule has 0 bridgehead atoms. The molecule has 0 saturated carbocycles. The van der Waals surface area contributed by atoms with Gasteiger partial charge in [0.25, 0.3) is 0 Å². The summed E-state index contributed by atoms with van der Waals surface area (Å²) < 4.78 is 135. The summed E-state index contributed by atoms with van der Waals surface area (Å²) in [6, 6.07) is 6.34. The van der Waals surface area contributed by atoms with Gasteiger partial charge in [-0.1, -0.05) is 60.3 Å². The smallest absolute Gasteiger partial charge is 0.433 e. The molecule has 14 nitrogen and oxygen atoms in total. The standard InChI is InChI=1S/2C23H19Cl2F4N5O2/c2*1-4-36-18-12(10(2)21-33-19(25)17-20(30)31-7-8-34(17)21)9-13(24)16(26)15(18)11-5-6-14(23(27,28)29)32-22(11)35-3/h2*5-10H,4H2,1-3H3,(H2,30,31)/t2*10-/m10/s1. The molecule has 0 aliphatic heterocycles. The van der Waals surface area contributed by atoms with Crippen LogP contribution in [-0.4, -0.2) is 66.1 Å². The Labute approximate surface area is 423 Å². The van der Waals surface area contributed by atoms with Gasteiger partial charge in [0.15, 0.2) is 33.6 Å². The van der Waals surface area contributed by atoms with Crippen molar-refractivity contribution in [3.8, 4) is 45.5 Å². The molecule has 8 rings (SSSR count). The fraction of sp³-hybridized carbons (Fsp3) is 0.261. The molecule has 0 unspecified atom stereocenters. The summed E-state index contributed by atoms with van der Waals surface area (Å²) in [5.74, 6) is -2.61. The van der Waals surface area contributed by atoms with Crippen molar-refractivity contribution in [1.82, 2.24) is 38.7 Å². The summed E-state index contributed by atoms with van der Waals surface area (Å²) in [7, 11) is 2.27. The van der Waals surface area contributed by atoms with Gasteiger partial charge in [0, 0.05) is 47.8 Å². The van der Waals surface area contributed by atoms with E-state index >= 15 is 8.78 Å².